The summed E-state index contributed by atoms with van der Waals surface area (Å²) in [6, 6.07) is 4.24. The van der Waals surface area contributed by atoms with Crippen molar-refractivity contribution in [1.29, 1.82) is 0 Å². The van der Waals surface area contributed by atoms with Gasteiger partial charge in [-0.2, -0.15) is 0 Å². The van der Waals surface area contributed by atoms with E-state index >= 15 is 0 Å². The number of nitrogens with one attached hydrogen (secondary N) is 5. The zero-order chi connectivity index (χ0) is 39.1. The molecule has 0 radical (unpaired) electrons. The number of imidazole rings is 1. The average molecular weight is 740 g/mol. The first kappa shape index (κ1) is 42.5. The third kappa shape index (κ3) is 14.5. The van der Waals surface area contributed by atoms with Crippen molar-refractivity contribution >= 4 is 35.7 Å². The van der Waals surface area contributed by atoms with Gasteiger partial charge < -0.3 is 40.6 Å². The van der Waals surface area contributed by atoms with Crippen molar-refractivity contribution in [1.82, 2.24) is 36.1 Å². The zero-order valence-corrected chi connectivity index (χ0v) is 32.0. The molecule has 53 heavy (non-hydrogen) atoms. The molecule has 0 saturated heterocycles. The molecule has 2 aromatic rings. The predicted molar refractivity (Wildman–Crippen MR) is 197 cm³/mol. The Labute approximate surface area is 312 Å². The minimum atomic E-state index is -1.10. The number of aryl methyl sites for hydroxylation is 2. The largest absolute Gasteiger partial charge is 0.467 e. The Hall–Kier alpha value is -4.95. The van der Waals surface area contributed by atoms with Crippen molar-refractivity contribution in [2.75, 3.05) is 7.11 Å². The zero-order valence-electron chi connectivity index (χ0n) is 32.0. The van der Waals surface area contributed by atoms with Gasteiger partial charge in [0.25, 0.3) is 0 Å². The Bertz CT molecular complexity index is 1530. The molecule has 15 heteroatoms. The Balaban J connectivity index is 1.77. The number of benzene rings is 1. The summed E-state index contributed by atoms with van der Waals surface area (Å²) in [5.74, 6) is -2.84. The molecule has 15 nitrogen and oxygen atoms in total. The van der Waals surface area contributed by atoms with Gasteiger partial charge in [-0.05, 0) is 65.4 Å². The summed E-state index contributed by atoms with van der Waals surface area (Å²) in [6.07, 6.45) is 8.39. The van der Waals surface area contributed by atoms with Crippen molar-refractivity contribution in [2.45, 2.75) is 128 Å². The van der Waals surface area contributed by atoms with Gasteiger partial charge in [0.2, 0.25) is 23.6 Å². The van der Waals surface area contributed by atoms with E-state index in [1.807, 2.05) is 30.3 Å². The van der Waals surface area contributed by atoms with Crippen molar-refractivity contribution < 1.29 is 38.2 Å². The molecule has 1 fully saturated rings. The number of carbonyl (C=O) groups is 6. The molecule has 3 rings (SSSR count). The van der Waals surface area contributed by atoms with Crippen molar-refractivity contribution in [3.05, 3.63) is 54.1 Å². The van der Waals surface area contributed by atoms with Gasteiger partial charge in [0.15, 0.2) is 0 Å². The monoisotopic (exact) mass is 739 g/mol. The summed E-state index contributed by atoms with van der Waals surface area (Å²) in [4.78, 5) is 83.5. The third-order valence-electron chi connectivity index (χ3n) is 9.13. The normalized spacial score (nSPS) is 16.1. The summed E-state index contributed by atoms with van der Waals surface area (Å²) in [6.45, 7) is 8.11. The van der Waals surface area contributed by atoms with Crippen LogP contribution in [-0.2, 0) is 53.3 Å². The summed E-state index contributed by atoms with van der Waals surface area (Å²) in [5.41, 5.74) is 0.816. The average Bonchev–Trinajstić information content (AvgIpc) is 3.52. The predicted octanol–water partition coefficient (Wildman–Crippen LogP) is 2.61. The van der Waals surface area contributed by atoms with Gasteiger partial charge in [-0.15, -0.1) is 0 Å². The molecule has 0 spiro atoms. The quantitative estimate of drug-likeness (QED) is 0.151. The van der Waals surface area contributed by atoms with E-state index in [0.717, 1.165) is 37.7 Å². The van der Waals surface area contributed by atoms with Crippen LogP contribution in [0.15, 0.2) is 42.9 Å². The lowest BCUT2D eigenvalue weighted by molar-refractivity contribution is -0.144. The molecule has 1 aromatic heterocycles. The molecule has 292 valence electrons. The molecular weight excluding hydrogens is 682 g/mol. The maximum atomic E-state index is 13.9. The van der Waals surface area contributed by atoms with Crippen molar-refractivity contribution in [2.24, 2.45) is 13.0 Å². The van der Waals surface area contributed by atoms with Crippen molar-refractivity contribution in [3.63, 3.8) is 0 Å². The van der Waals surface area contributed by atoms with E-state index < -0.39 is 71.5 Å². The highest BCUT2D eigenvalue weighted by Gasteiger charge is 2.33. The van der Waals surface area contributed by atoms with E-state index in [1.54, 1.807) is 44.9 Å². The first-order valence-electron chi connectivity index (χ1n) is 18.3. The van der Waals surface area contributed by atoms with Gasteiger partial charge in [-0.1, -0.05) is 62.4 Å². The van der Waals surface area contributed by atoms with Crippen LogP contribution in [0.4, 0.5) is 4.79 Å². The second-order valence-corrected chi connectivity index (χ2v) is 14.8. The number of methoxy groups -OCH3 is 1. The molecule has 0 bridgehead atoms. The number of aromatic nitrogens is 2. The molecule has 1 aromatic carbocycles. The van der Waals surface area contributed by atoms with Crippen LogP contribution < -0.4 is 26.6 Å². The van der Waals surface area contributed by atoms with E-state index in [0.29, 0.717) is 18.5 Å². The highest BCUT2D eigenvalue weighted by molar-refractivity contribution is 5.95. The minimum Gasteiger partial charge on any atom is -0.467 e. The van der Waals surface area contributed by atoms with E-state index in [9.17, 15) is 28.8 Å². The number of carbonyl (C=O) groups excluding carboxylic acids is 6. The van der Waals surface area contributed by atoms with Gasteiger partial charge >= 0.3 is 12.1 Å². The van der Waals surface area contributed by atoms with Crippen LogP contribution in [0.2, 0.25) is 0 Å². The van der Waals surface area contributed by atoms with Gasteiger partial charge in [-0.3, -0.25) is 19.2 Å². The minimum absolute atomic E-state index is 0.0825. The first-order valence-corrected chi connectivity index (χ1v) is 18.3. The van der Waals surface area contributed by atoms with Crippen LogP contribution in [0.5, 0.6) is 0 Å². The molecule has 1 heterocycles. The summed E-state index contributed by atoms with van der Waals surface area (Å²) >= 11 is 0. The fraction of sp³-hybridized carbons (Fsp3) is 0.605. The SMILES string of the molecule is COC(=O)[C@H](C)NC(=O)[C@H](CCc1ccccc1)NC(=O)[C@@H](C)NC(=O)[C@H](CC1CCCCC1)NC(=O)[C@H](Cc1cncn1C)NC(=O)OC(C)(C)C. The van der Waals surface area contributed by atoms with Gasteiger partial charge in [0.05, 0.1) is 13.4 Å². The second-order valence-electron chi connectivity index (χ2n) is 14.8. The molecule has 0 aliphatic heterocycles. The molecule has 1 aliphatic rings. The number of amides is 5. The lowest BCUT2D eigenvalue weighted by atomic mass is 9.84. The molecule has 5 atom stereocenters. The van der Waals surface area contributed by atoms with Crippen molar-refractivity contribution in [3.8, 4) is 0 Å². The number of hydrogen-bond acceptors (Lipinski definition) is 9. The van der Waals surface area contributed by atoms with Crippen LogP contribution in [0.25, 0.3) is 0 Å². The maximum absolute atomic E-state index is 13.9. The lowest BCUT2D eigenvalue weighted by Gasteiger charge is -2.29. The second kappa shape index (κ2) is 20.3. The topological polar surface area (TPSA) is 199 Å². The highest BCUT2D eigenvalue weighted by Crippen LogP contribution is 2.27. The molecular formula is C38H57N7O8. The highest BCUT2D eigenvalue weighted by atomic mass is 16.6. The number of alkyl carbamates (subject to hydrolysis) is 1. The van der Waals surface area contributed by atoms with Crippen LogP contribution >= 0.6 is 0 Å². The summed E-state index contributed by atoms with van der Waals surface area (Å²) in [5, 5.41) is 13.5. The van der Waals surface area contributed by atoms with E-state index in [4.69, 9.17) is 9.47 Å². The smallest absolute Gasteiger partial charge is 0.408 e. The van der Waals surface area contributed by atoms with Crippen LogP contribution in [0.1, 0.15) is 90.8 Å². The summed E-state index contributed by atoms with van der Waals surface area (Å²) < 4.78 is 11.9. The molecule has 1 aliphatic carbocycles. The van der Waals surface area contributed by atoms with Crippen LogP contribution in [0.3, 0.4) is 0 Å². The summed E-state index contributed by atoms with van der Waals surface area (Å²) in [7, 11) is 2.98. The number of hydrogen-bond donors (Lipinski definition) is 5. The number of rotatable bonds is 17. The van der Waals surface area contributed by atoms with E-state index in [2.05, 4.69) is 31.6 Å². The number of esters is 1. The number of ether oxygens (including phenoxy) is 2. The van der Waals surface area contributed by atoms with Crippen LogP contribution in [0, 0.1) is 5.92 Å². The fourth-order valence-corrected chi connectivity index (χ4v) is 6.16. The van der Waals surface area contributed by atoms with Gasteiger partial charge in [0, 0.05) is 25.4 Å². The maximum Gasteiger partial charge on any atom is 0.408 e. The fourth-order valence-electron chi connectivity index (χ4n) is 6.16. The van der Waals surface area contributed by atoms with E-state index in [1.165, 1.54) is 21.0 Å². The Morgan fingerprint density at radius 2 is 1.42 bits per heavy atom. The molecule has 0 unspecified atom stereocenters. The first-order chi connectivity index (χ1) is 25.1. The molecule has 5 N–H and O–H groups in total. The lowest BCUT2D eigenvalue weighted by Crippen LogP contribution is -2.58. The Morgan fingerprint density at radius 3 is 2.02 bits per heavy atom. The Morgan fingerprint density at radius 1 is 0.811 bits per heavy atom. The third-order valence-corrected chi connectivity index (χ3v) is 9.13. The molecule has 5 amide bonds. The molecule has 1 saturated carbocycles. The van der Waals surface area contributed by atoms with Crippen LogP contribution in [-0.4, -0.2) is 88.2 Å². The number of nitrogens with zero attached hydrogens (tertiary/aromatic N) is 2. The van der Waals surface area contributed by atoms with Gasteiger partial charge in [-0.25, -0.2) is 14.6 Å². The van der Waals surface area contributed by atoms with Gasteiger partial charge in [0.1, 0.15) is 35.8 Å². The van der Waals surface area contributed by atoms with E-state index in [-0.39, 0.29) is 18.8 Å². The Kier molecular flexibility index (Phi) is 16.3. The standard InChI is InChI=1S/C38H57N7O8/c1-24(32(46)42-29(19-18-26-14-10-8-11-15-26)33(47)41-25(2)36(50)52-7)40-34(48)30(20-27-16-12-9-13-17-27)43-35(49)31(21-28-22-39-23-45(28)6)44-37(51)53-38(3,4)5/h8,10-11,14-15,22-25,27,29-31H,9,12-13,16-21H2,1-7H3,(H,40,48)(H,41,47)(H,42,46)(H,43,49)(H,44,51)/t24-,25+,29+,30+,31+/m1/s1.